The molecule has 3 N–H and O–H groups in total. The van der Waals surface area contributed by atoms with Crippen LogP contribution in [-0.2, 0) is 26.8 Å². The number of carbonyl (C=O) groups is 1. The minimum atomic E-state index is -6.22. The van der Waals surface area contributed by atoms with Crippen molar-refractivity contribution in [2.45, 2.75) is 35.7 Å². The van der Waals surface area contributed by atoms with E-state index in [0.717, 1.165) is 6.07 Å². The van der Waals surface area contributed by atoms with Crippen LogP contribution in [0.4, 0.5) is 42.1 Å². The molecule has 0 aromatic heterocycles. The van der Waals surface area contributed by atoms with Gasteiger partial charge in [0.1, 0.15) is 5.82 Å². The lowest BCUT2D eigenvalue weighted by Crippen LogP contribution is -2.54. The largest absolute Gasteiger partial charge is 0.430 e. The van der Waals surface area contributed by atoms with E-state index in [1.165, 1.54) is 12.1 Å². The van der Waals surface area contributed by atoms with E-state index in [2.05, 4.69) is 5.32 Å². The average molecular weight is 486 g/mol. The van der Waals surface area contributed by atoms with Crippen LogP contribution in [0.2, 0.25) is 0 Å². The fraction of sp³-hybridized carbons (Fsp3) is 0.278. The van der Waals surface area contributed by atoms with Crippen LogP contribution in [0.3, 0.4) is 0 Å². The molecule has 0 saturated heterocycles. The summed E-state index contributed by atoms with van der Waals surface area (Å²) in [6, 6.07) is 3.75. The molecule has 0 saturated carbocycles. The van der Waals surface area contributed by atoms with Gasteiger partial charge in [-0.05, 0) is 42.3 Å². The Morgan fingerprint density at radius 2 is 1.56 bits per heavy atom. The molecule has 0 fully saturated rings. The summed E-state index contributed by atoms with van der Waals surface area (Å²) in [6.45, 7) is 0. The topological polar surface area (TPSA) is 95.5 Å². The van der Waals surface area contributed by atoms with Crippen LogP contribution < -0.4 is 10.0 Å². The van der Waals surface area contributed by atoms with Crippen molar-refractivity contribution in [2.75, 3.05) is 10.0 Å². The highest BCUT2D eigenvalue weighted by Gasteiger charge is 2.71. The maximum Gasteiger partial charge on any atom is 0.430 e. The van der Waals surface area contributed by atoms with Crippen molar-refractivity contribution in [2.24, 2.45) is 0 Å². The van der Waals surface area contributed by atoms with Gasteiger partial charge in [-0.2, -0.15) is 26.3 Å². The molecule has 14 heteroatoms. The van der Waals surface area contributed by atoms with Gasteiger partial charge in [0.25, 0.3) is 15.6 Å². The Morgan fingerprint density at radius 3 is 2.12 bits per heavy atom. The van der Waals surface area contributed by atoms with Gasteiger partial charge in [-0.3, -0.25) is 9.52 Å². The Morgan fingerprint density at radius 1 is 0.938 bits per heavy atom. The Balaban J connectivity index is 1.94. The smallest absolute Gasteiger partial charge is 0.369 e. The first kappa shape index (κ1) is 23.8. The second-order valence-corrected chi connectivity index (χ2v) is 8.56. The number of hydrogen-bond acceptors (Lipinski definition) is 4. The minimum Gasteiger partial charge on any atom is -0.369 e. The summed E-state index contributed by atoms with van der Waals surface area (Å²) in [4.78, 5) is 11.0. The molecule has 6 nitrogen and oxygen atoms in total. The maximum atomic E-state index is 14.3. The first-order valence-corrected chi connectivity index (χ1v) is 10.2. The number of hydrogen-bond donors (Lipinski definition) is 3. The number of fused-ring (bicyclic) bond motifs is 1. The highest BCUT2D eigenvalue weighted by molar-refractivity contribution is 7.92. The summed E-state index contributed by atoms with van der Waals surface area (Å²) >= 11 is 0. The monoisotopic (exact) mass is 486 g/mol. The molecular weight excluding hydrogens is 473 g/mol. The standard InChI is InChI=1S/C18H13F7N2O4S/c19-12-8-10(16(29,17(20,21)22)18(23,24)25)2-4-14(12)27-32(30,31)11-3-5-13-9(7-11)1-6-15(28)26-13/h2-5,7-8,27,29H,1,6H2,(H,26,28). The number of benzene rings is 2. The van der Waals surface area contributed by atoms with Gasteiger partial charge in [0.2, 0.25) is 5.91 Å². The summed E-state index contributed by atoms with van der Waals surface area (Å²) in [6.07, 6.45) is -12.1. The number of aliphatic hydroxyl groups is 1. The summed E-state index contributed by atoms with van der Waals surface area (Å²) in [5.41, 5.74) is -7.34. The van der Waals surface area contributed by atoms with Crippen LogP contribution in [0.1, 0.15) is 17.5 Å². The second-order valence-electron chi connectivity index (χ2n) is 6.87. The maximum absolute atomic E-state index is 14.3. The van der Waals surface area contributed by atoms with Gasteiger partial charge in [-0.15, -0.1) is 0 Å². The lowest BCUT2D eigenvalue weighted by Gasteiger charge is -2.32. The van der Waals surface area contributed by atoms with Crippen LogP contribution >= 0.6 is 0 Å². The zero-order chi connectivity index (χ0) is 24.1. The first-order valence-electron chi connectivity index (χ1n) is 8.68. The summed E-state index contributed by atoms with van der Waals surface area (Å²) in [5.74, 6) is -2.05. The third-order valence-electron chi connectivity index (χ3n) is 4.73. The molecule has 1 heterocycles. The molecular formula is C18H13F7N2O4S. The van der Waals surface area contributed by atoms with Gasteiger partial charge in [-0.25, -0.2) is 12.8 Å². The van der Waals surface area contributed by atoms with Crippen molar-refractivity contribution < 1.29 is 49.1 Å². The number of sulfonamides is 1. The van der Waals surface area contributed by atoms with E-state index in [4.69, 9.17) is 0 Å². The van der Waals surface area contributed by atoms with Crippen molar-refractivity contribution in [3.8, 4) is 0 Å². The van der Waals surface area contributed by atoms with Gasteiger partial charge in [-0.1, -0.05) is 6.07 Å². The van der Waals surface area contributed by atoms with Crippen LogP contribution in [0.25, 0.3) is 0 Å². The van der Waals surface area contributed by atoms with E-state index in [9.17, 15) is 49.1 Å². The highest BCUT2D eigenvalue weighted by atomic mass is 32.2. The minimum absolute atomic E-state index is 0.0986. The Labute approximate surface area is 176 Å². The molecule has 2 aromatic carbocycles. The normalized spacial score (nSPS) is 15.2. The molecule has 0 unspecified atom stereocenters. The predicted molar refractivity (Wildman–Crippen MR) is 96.6 cm³/mol. The molecule has 32 heavy (non-hydrogen) atoms. The van der Waals surface area contributed by atoms with Gasteiger partial charge in [0, 0.05) is 17.7 Å². The number of aryl methyl sites for hydroxylation is 1. The third kappa shape index (κ3) is 4.11. The van der Waals surface area contributed by atoms with E-state index in [-0.39, 0.29) is 35.8 Å². The second kappa shape index (κ2) is 7.62. The van der Waals surface area contributed by atoms with Gasteiger partial charge in [0.15, 0.2) is 0 Å². The lowest BCUT2D eigenvalue weighted by atomic mass is 9.92. The van der Waals surface area contributed by atoms with Crippen LogP contribution in [0, 0.1) is 5.82 Å². The molecule has 2 aromatic rings. The molecule has 0 bridgehead atoms. The molecule has 0 radical (unpaired) electrons. The average Bonchev–Trinajstić information content (AvgIpc) is 2.66. The molecule has 3 rings (SSSR count). The van der Waals surface area contributed by atoms with Crippen molar-refractivity contribution in [3.05, 3.63) is 53.3 Å². The zero-order valence-electron chi connectivity index (χ0n) is 15.6. The lowest BCUT2D eigenvalue weighted by molar-refractivity contribution is -0.376. The Hall–Kier alpha value is -2.87. The summed E-state index contributed by atoms with van der Waals surface area (Å²) < 4.78 is 119. The Bertz CT molecular complexity index is 1160. The molecule has 1 amide bonds. The molecule has 0 aliphatic carbocycles. The van der Waals surface area contributed by atoms with Crippen LogP contribution in [-0.4, -0.2) is 31.8 Å². The van der Waals surface area contributed by atoms with Crippen LogP contribution in [0.15, 0.2) is 41.3 Å². The molecule has 174 valence electrons. The molecule has 0 atom stereocenters. The van der Waals surface area contributed by atoms with E-state index in [1.807, 2.05) is 0 Å². The summed E-state index contributed by atoms with van der Waals surface area (Å²) in [5, 5.41) is 11.8. The van der Waals surface area contributed by atoms with Gasteiger partial charge < -0.3 is 10.4 Å². The Kier molecular flexibility index (Phi) is 5.66. The zero-order valence-corrected chi connectivity index (χ0v) is 16.4. The van der Waals surface area contributed by atoms with Gasteiger partial charge in [0.05, 0.1) is 10.6 Å². The van der Waals surface area contributed by atoms with Gasteiger partial charge >= 0.3 is 12.4 Å². The predicted octanol–water partition coefficient (Wildman–Crippen LogP) is 3.82. The number of rotatable bonds is 4. The molecule has 0 spiro atoms. The molecule has 1 aliphatic heterocycles. The van der Waals surface area contributed by atoms with E-state index < -0.39 is 45.0 Å². The number of carbonyl (C=O) groups excluding carboxylic acids is 1. The van der Waals surface area contributed by atoms with Crippen molar-refractivity contribution in [1.29, 1.82) is 0 Å². The SMILES string of the molecule is O=C1CCc2cc(S(=O)(=O)Nc3ccc(C(O)(C(F)(F)F)C(F)(F)F)cc3F)ccc2N1. The first-order chi connectivity index (χ1) is 14.6. The number of halogens is 7. The molecule has 1 aliphatic rings. The third-order valence-corrected chi connectivity index (χ3v) is 6.10. The number of alkyl halides is 6. The van der Waals surface area contributed by atoms with Crippen molar-refractivity contribution >= 4 is 27.3 Å². The van der Waals surface area contributed by atoms with E-state index in [1.54, 1.807) is 4.72 Å². The van der Waals surface area contributed by atoms with Crippen molar-refractivity contribution in [1.82, 2.24) is 0 Å². The number of amides is 1. The van der Waals surface area contributed by atoms with Crippen LogP contribution in [0.5, 0.6) is 0 Å². The highest BCUT2D eigenvalue weighted by Crippen LogP contribution is 2.50. The van der Waals surface area contributed by atoms with E-state index >= 15 is 0 Å². The number of nitrogens with one attached hydrogen (secondary N) is 2. The fourth-order valence-electron chi connectivity index (χ4n) is 3.04. The summed E-state index contributed by atoms with van der Waals surface area (Å²) in [7, 11) is -4.50. The fourth-order valence-corrected chi connectivity index (χ4v) is 4.16. The number of anilines is 2. The van der Waals surface area contributed by atoms with E-state index in [0.29, 0.717) is 17.3 Å². The van der Waals surface area contributed by atoms with Crippen molar-refractivity contribution in [3.63, 3.8) is 0 Å². The quantitative estimate of drug-likeness (QED) is 0.573.